The van der Waals surface area contributed by atoms with Crippen molar-refractivity contribution in [1.29, 1.82) is 0 Å². The highest BCUT2D eigenvalue weighted by molar-refractivity contribution is 6.24. The summed E-state index contributed by atoms with van der Waals surface area (Å²) in [5.74, 6) is -1.38. The predicted octanol–water partition coefficient (Wildman–Crippen LogP) is 2.81. The number of fused-ring (bicyclic) bond motifs is 5. The van der Waals surface area contributed by atoms with E-state index in [0.29, 0.717) is 17.2 Å². The number of imide groups is 1. The van der Waals surface area contributed by atoms with Crippen LogP contribution in [0.4, 0.5) is 5.69 Å². The maximum atomic E-state index is 13.7. The molecule has 2 amide bonds. The lowest BCUT2D eigenvalue weighted by molar-refractivity contribution is -0.129. The summed E-state index contributed by atoms with van der Waals surface area (Å²) >= 11 is 0. The number of benzene rings is 2. The van der Waals surface area contributed by atoms with Gasteiger partial charge >= 0.3 is 0 Å². The number of rotatable bonds is 4. The van der Waals surface area contributed by atoms with Crippen molar-refractivity contribution >= 4 is 29.4 Å². The van der Waals surface area contributed by atoms with Gasteiger partial charge in [-0.25, -0.2) is 4.90 Å². The molecule has 3 aliphatic rings. The quantitative estimate of drug-likeness (QED) is 0.711. The molecule has 0 N–H and O–H groups in total. The molecule has 2 saturated heterocycles. The highest BCUT2D eigenvalue weighted by Gasteiger charge is 2.64. The van der Waals surface area contributed by atoms with Gasteiger partial charge in [-0.15, -0.1) is 0 Å². The van der Waals surface area contributed by atoms with Crippen LogP contribution < -0.4 is 14.4 Å². The maximum absolute atomic E-state index is 13.7. The smallest absolute Gasteiger partial charge is 0.240 e. The van der Waals surface area contributed by atoms with Crippen LogP contribution in [0.1, 0.15) is 24.1 Å². The number of ether oxygens (including phenoxy) is 2. The molecule has 4 atom stereocenters. The number of carbonyl (C=O) groups is 3. The second-order valence-electron chi connectivity index (χ2n) is 7.99. The molecule has 0 aromatic heterocycles. The number of amides is 2. The normalized spacial score (nSPS) is 25.9. The molecular weight excluding hydrogens is 396 g/mol. The van der Waals surface area contributed by atoms with E-state index in [4.69, 9.17) is 9.47 Å². The number of hydrogen-bond donors (Lipinski definition) is 0. The maximum Gasteiger partial charge on any atom is 0.240 e. The fourth-order valence-electron chi connectivity index (χ4n) is 5.23. The first-order valence-corrected chi connectivity index (χ1v) is 10.1. The summed E-state index contributed by atoms with van der Waals surface area (Å²) in [7, 11) is 3.00. The summed E-state index contributed by atoms with van der Waals surface area (Å²) in [4.78, 5) is 43.1. The van der Waals surface area contributed by atoms with E-state index in [0.717, 1.165) is 11.1 Å². The molecular formula is C24H22N2O5. The highest BCUT2D eigenvalue weighted by Crippen LogP contribution is 2.54. The fraction of sp³-hybridized carbons (Fsp3) is 0.292. The first-order chi connectivity index (χ1) is 15.0. The molecule has 3 aliphatic heterocycles. The summed E-state index contributed by atoms with van der Waals surface area (Å²) in [5.41, 5.74) is 2.27. The standard InChI is InChI=1S/C24H22N2O5/c1-13(27)21-19-20(22-16-7-5-4-6-14(16)10-11-25(21)22)24(29)26(23(19)28)17-12-15(30-2)8-9-18(17)31-3/h4-12,19-22H,1-3H3/t19-,20+,21-,22?/m1/s1. The zero-order chi connectivity index (χ0) is 21.9. The molecule has 7 nitrogen and oxygen atoms in total. The van der Waals surface area contributed by atoms with Gasteiger partial charge in [0.15, 0.2) is 5.78 Å². The molecule has 0 bridgehead atoms. The van der Waals surface area contributed by atoms with Crippen LogP contribution in [0.25, 0.3) is 6.08 Å². The number of nitrogens with zero attached hydrogens (tertiary/aromatic N) is 2. The average Bonchev–Trinajstić information content (AvgIpc) is 3.26. The van der Waals surface area contributed by atoms with Crippen molar-refractivity contribution in [1.82, 2.24) is 4.90 Å². The van der Waals surface area contributed by atoms with Crippen LogP contribution in [0.15, 0.2) is 48.7 Å². The molecule has 5 rings (SSSR count). The highest BCUT2D eigenvalue weighted by atomic mass is 16.5. The minimum absolute atomic E-state index is 0.137. The van der Waals surface area contributed by atoms with Crippen LogP contribution in [0.2, 0.25) is 0 Å². The number of anilines is 1. The zero-order valence-electron chi connectivity index (χ0n) is 17.4. The van der Waals surface area contributed by atoms with E-state index in [2.05, 4.69) is 0 Å². The summed E-state index contributed by atoms with van der Waals surface area (Å²) in [5, 5.41) is 0. The van der Waals surface area contributed by atoms with E-state index in [-0.39, 0.29) is 23.6 Å². The Balaban J connectivity index is 1.66. The van der Waals surface area contributed by atoms with E-state index in [1.807, 2.05) is 41.4 Å². The SMILES string of the molecule is COc1ccc(OC)c(N2C(=O)[C@@H]3[C@H](C2=O)C2c4ccccc4C=CN2[C@@H]3C(C)=O)c1. The second kappa shape index (κ2) is 6.97. The van der Waals surface area contributed by atoms with E-state index in [9.17, 15) is 14.4 Å². The molecule has 1 unspecified atom stereocenters. The average molecular weight is 418 g/mol. The van der Waals surface area contributed by atoms with Crippen LogP contribution in [-0.4, -0.2) is 42.8 Å². The summed E-state index contributed by atoms with van der Waals surface area (Å²) in [6.45, 7) is 1.48. The largest absolute Gasteiger partial charge is 0.497 e. The third-order valence-electron chi connectivity index (χ3n) is 6.51. The van der Waals surface area contributed by atoms with E-state index < -0.39 is 17.9 Å². The van der Waals surface area contributed by atoms with Gasteiger partial charge in [0.2, 0.25) is 11.8 Å². The molecule has 2 aromatic carbocycles. The number of ketones is 1. The molecule has 31 heavy (non-hydrogen) atoms. The summed E-state index contributed by atoms with van der Waals surface area (Å²) in [6, 6.07) is 11.7. The van der Waals surface area contributed by atoms with Crippen LogP contribution in [-0.2, 0) is 14.4 Å². The van der Waals surface area contributed by atoms with Crippen molar-refractivity contribution in [3.8, 4) is 11.5 Å². The molecule has 158 valence electrons. The van der Waals surface area contributed by atoms with Gasteiger partial charge in [-0.3, -0.25) is 14.4 Å². The first kappa shape index (κ1) is 19.4. The van der Waals surface area contributed by atoms with Gasteiger partial charge in [-0.2, -0.15) is 0 Å². The first-order valence-electron chi connectivity index (χ1n) is 10.1. The van der Waals surface area contributed by atoms with Crippen molar-refractivity contribution in [3.63, 3.8) is 0 Å². The van der Waals surface area contributed by atoms with E-state index >= 15 is 0 Å². The van der Waals surface area contributed by atoms with Crippen molar-refractivity contribution in [2.24, 2.45) is 11.8 Å². The van der Waals surface area contributed by atoms with Crippen LogP contribution in [0.5, 0.6) is 11.5 Å². The Labute approximate surface area is 179 Å². The number of methoxy groups -OCH3 is 2. The van der Waals surface area contributed by atoms with Crippen molar-refractivity contribution in [3.05, 3.63) is 59.8 Å². The van der Waals surface area contributed by atoms with Gasteiger partial charge in [0.1, 0.15) is 11.5 Å². The van der Waals surface area contributed by atoms with Crippen molar-refractivity contribution in [2.75, 3.05) is 19.1 Å². The van der Waals surface area contributed by atoms with Crippen LogP contribution >= 0.6 is 0 Å². The number of hydrogen-bond acceptors (Lipinski definition) is 6. The third-order valence-corrected chi connectivity index (χ3v) is 6.51. The summed E-state index contributed by atoms with van der Waals surface area (Å²) in [6.07, 6.45) is 3.77. The minimum atomic E-state index is -0.762. The fourth-order valence-corrected chi connectivity index (χ4v) is 5.23. The van der Waals surface area contributed by atoms with Crippen LogP contribution in [0, 0.1) is 11.8 Å². The molecule has 0 aliphatic carbocycles. The lowest BCUT2D eigenvalue weighted by atomic mass is 9.84. The lowest BCUT2D eigenvalue weighted by Crippen LogP contribution is -2.43. The van der Waals surface area contributed by atoms with E-state index in [1.165, 1.54) is 26.0 Å². The Bertz CT molecular complexity index is 1140. The Hall–Kier alpha value is -3.61. The molecule has 0 saturated carbocycles. The third kappa shape index (κ3) is 2.62. The Kier molecular flexibility index (Phi) is 4.36. The Morgan fingerprint density at radius 3 is 2.42 bits per heavy atom. The Morgan fingerprint density at radius 2 is 1.71 bits per heavy atom. The lowest BCUT2D eigenvalue weighted by Gasteiger charge is -2.35. The number of carbonyl (C=O) groups excluding carboxylic acids is 3. The monoisotopic (exact) mass is 418 g/mol. The topological polar surface area (TPSA) is 76.2 Å². The minimum Gasteiger partial charge on any atom is -0.497 e. The number of Topliss-reactive ketones (excluding diaryl/α,β-unsaturated/α-hetero) is 1. The molecule has 0 radical (unpaired) electrons. The van der Waals surface area contributed by atoms with Gasteiger partial charge in [0.05, 0.1) is 43.8 Å². The molecule has 3 heterocycles. The predicted molar refractivity (Wildman–Crippen MR) is 114 cm³/mol. The molecule has 2 fully saturated rings. The molecule has 2 aromatic rings. The Morgan fingerprint density at radius 1 is 0.968 bits per heavy atom. The van der Waals surface area contributed by atoms with Crippen LogP contribution in [0.3, 0.4) is 0 Å². The molecule has 0 spiro atoms. The molecule has 7 heteroatoms. The van der Waals surface area contributed by atoms with E-state index in [1.54, 1.807) is 18.2 Å². The zero-order valence-corrected chi connectivity index (χ0v) is 17.4. The summed E-state index contributed by atoms with van der Waals surface area (Å²) < 4.78 is 10.7. The second-order valence-corrected chi connectivity index (χ2v) is 7.99. The van der Waals surface area contributed by atoms with Gasteiger partial charge in [0.25, 0.3) is 0 Å². The van der Waals surface area contributed by atoms with Gasteiger partial charge in [0, 0.05) is 12.3 Å². The van der Waals surface area contributed by atoms with Gasteiger partial charge in [-0.1, -0.05) is 24.3 Å². The van der Waals surface area contributed by atoms with Crippen molar-refractivity contribution < 1.29 is 23.9 Å². The van der Waals surface area contributed by atoms with Gasteiger partial charge in [-0.05, 0) is 36.3 Å². The van der Waals surface area contributed by atoms with Gasteiger partial charge < -0.3 is 14.4 Å². The van der Waals surface area contributed by atoms with Crippen molar-refractivity contribution in [2.45, 2.75) is 19.0 Å².